The molecule has 2 heterocycles. The van der Waals surface area contributed by atoms with Crippen LogP contribution in [0.1, 0.15) is 5.69 Å². The molecule has 2 rings (SSSR count). The molecule has 0 bridgehead atoms. The van der Waals surface area contributed by atoms with Crippen LogP contribution in [-0.4, -0.2) is 40.1 Å². The summed E-state index contributed by atoms with van der Waals surface area (Å²) in [6, 6.07) is 1.40. The fraction of sp³-hybridized carbons (Fsp3) is 0.417. The van der Waals surface area contributed by atoms with Gasteiger partial charge in [0.2, 0.25) is 5.91 Å². The van der Waals surface area contributed by atoms with Gasteiger partial charge in [-0.2, -0.15) is 0 Å². The van der Waals surface area contributed by atoms with Crippen LogP contribution in [0.5, 0.6) is 0 Å². The van der Waals surface area contributed by atoms with E-state index in [-0.39, 0.29) is 11.3 Å². The molecule has 0 unspecified atom stereocenters. The number of fused-ring (bicyclic) bond motifs is 1. The van der Waals surface area contributed by atoms with Crippen LogP contribution in [0.2, 0.25) is 0 Å². The van der Waals surface area contributed by atoms with E-state index in [2.05, 4.69) is 10.3 Å². The molecule has 2 aromatic rings. The molecule has 2 aromatic heterocycles. The fourth-order valence-electron chi connectivity index (χ4n) is 1.56. The van der Waals surface area contributed by atoms with Crippen LogP contribution < -0.4 is 16.6 Å². The molecular weight excluding hydrogens is 334 g/mol. The van der Waals surface area contributed by atoms with Gasteiger partial charge in [0, 0.05) is 23.4 Å². The standard InChI is InChI=1S/C12H14F2N4O2S2/c13-12(14,6-15)7-16-9(19)5-21-4-8-3-10(20)18-1-2-22-11(18)17-8/h1-3H,4-7,15H2,(H,16,19). The number of carbonyl (C=O) groups is 1. The number of hydrogen-bond acceptors (Lipinski definition) is 6. The number of thiazole rings is 1. The Bertz CT molecular complexity index is 716. The van der Waals surface area contributed by atoms with Crippen LogP contribution in [0.4, 0.5) is 8.78 Å². The number of aromatic nitrogens is 2. The fourth-order valence-corrected chi connectivity index (χ4v) is 3.05. The average Bonchev–Trinajstić information content (AvgIpc) is 2.94. The molecule has 10 heteroatoms. The van der Waals surface area contributed by atoms with Crippen molar-refractivity contribution in [2.45, 2.75) is 11.7 Å². The van der Waals surface area contributed by atoms with Crippen LogP contribution in [0.15, 0.2) is 22.4 Å². The summed E-state index contributed by atoms with van der Waals surface area (Å²) in [4.78, 5) is 28.1. The molecule has 6 nitrogen and oxygen atoms in total. The Hall–Kier alpha value is -1.52. The Morgan fingerprint density at radius 2 is 2.32 bits per heavy atom. The smallest absolute Gasteiger partial charge is 0.277 e. The molecule has 0 aromatic carbocycles. The van der Waals surface area contributed by atoms with E-state index in [0.717, 1.165) is 0 Å². The first-order valence-electron chi connectivity index (χ1n) is 6.29. The molecule has 0 atom stereocenters. The molecular formula is C12H14F2N4O2S2. The van der Waals surface area contributed by atoms with Gasteiger partial charge in [-0.15, -0.1) is 23.1 Å². The first-order valence-corrected chi connectivity index (χ1v) is 8.33. The quantitative estimate of drug-likeness (QED) is 0.769. The van der Waals surface area contributed by atoms with Crippen molar-refractivity contribution in [3.8, 4) is 0 Å². The Morgan fingerprint density at radius 1 is 1.55 bits per heavy atom. The van der Waals surface area contributed by atoms with Crippen molar-refractivity contribution >= 4 is 34.0 Å². The van der Waals surface area contributed by atoms with Gasteiger partial charge in [-0.05, 0) is 0 Å². The largest absolute Gasteiger partial charge is 0.349 e. The number of halogens is 2. The summed E-state index contributed by atoms with van der Waals surface area (Å²) in [5.74, 6) is -3.25. The van der Waals surface area contributed by atoms with Crippen LogP contribution in [0.25, 0.3) is 4.96 Å². The summed E-state index contributed by atoms with van der Waals surface area (Å²) in [5.41, 5.74) is 5.24. The van der Waals surface area contributed by atoms with Crippen LogP contribution in [0, 0.1) is 0 Å². The van der Waals surface area contributed by atoms with E-state index < -0.39 is 24.9 Å². The highest BCUT2D eigenvalue weighted by atomic mass is 32.2. The van der Waals surface area contributed by atoms with E-state index >= 15 is 0 Å². The van der Waals surface area contributed by atoms with E-state index in [9.17, 15) is 18.4 Å². The van der Waals surface area contributed by atoms with Gasteiger partial charge in [0.15, 0.2) is 4.96 Å². The molecule has 0 saturated heterocycles. The van der Waals surface area contributed by atoms with Crippen molar-refractivity contribution in [3.63, 3.8) is 0 Å². The third-order valence-corrected chi connectivity index (χ3v) is 4.40. The number of nitrogens with zero attached hydrogens (tertiary/aromatic N) is 2. The number of nitrogens with two attached hydrogens (primary N) is 1. The lowest BCUT2D eigenvalue weighted by Gasteiger charge is -2.14. The highest BCUT2D eigenvalue weighted by Crippen LogP contribution is 2.13. The van der Waals surface area contributed by atoms with Gasteiger partial charge < -0.3 is 11.1 Å². The average molecular weight is 348 g/mol. The third-order valence-electron chi connectivity index (χ3n) is 2.68. The van der Waals surface area contributed by atoms with Crippen molar-refractivity contribution in [2.75, 3.05) is 18.8 Å². The summed E-state index contributed by atoms with van der Waals surface area (Å²) in [6.07, 6.45) is 1.64. The lowest BCUT2D eigenvalue weighted by atomic mass is 10.3. The maximum atomic E-state index is 12.9. The normalized spacial score (nSPS) is 11.8. The van der Waals surface area contributed by atoms with E-state index in [0.29, 0.717) is 16.4 Å². The molecule has 3 N–H and O–H groups in total. The zero-order chi connectivity index (χ0) is 16.2. The van der Waals surface area contributed by atoms with Gasteiger partial charge in [0.05, 0.1) is 24.5 Å². The second kappa shape index (κ2) is 7.16. The number of thioether (sulfide) groups is 1. The Morgan fingerprint density at radius 3 is 3.05 bits per heavy atom. The number of nitrogens with one attached hydrogen (secondary N) is 1. The first-order chi connectivity index (χ1) is 10.4. The first kappa shape index (κ1) is 16.8. The summed E-state index contributed by atoms with van der Waals surface area (Å²) in [6.45, 7) is -1.58. The van der Waals surface area contributed by atoms with Gasteiger partial charge in [0.25, 0.3) is 11.5 Å². The Kier molecular flexibility index (Phi) is 5.48. The monoisotopic (exact) mass is 348 g/mol. The second-order valence-corrected chi connectivity index (χ2v) is 6.33. The van der Waals surface area contributed by atoms with E-state index in [1.54, 1.807) is 11.6 Å². The molecule has 0 aliphatic rings. The predicted octanol–water partition coefficient (Wildman–Crippen LogP) is 0.699. The van der Waals surface area contributed by atoms with Gasteiger partial charge in [-0.25, -0.2) is 13.8 Å². The number of hydrogen-bond donors (Lipinski definition) is 2. The lowest BCUT2D eigenvalue weighted by Crippen LogP contribution is -2.42. The van der Waals surface area contributed by atoms with Crippen molar-refractivity contribution in [1.82, 2.24) is 14.7 Å². The highest BCUT2D eigenvalue weighted by molar-refractivity contribution is 7.99. The highest BCUT2D eigenvalue weighted by Gasteiger charge is 2.26. The van der Waals surface area contributed by atoms with Crippen LogP contribution in [-0.2, 0) is 10.5 Å². The zero-order valence-corrected chi connectivity index (χ0v) is 13.1. The zero-order valence-electron chi connectivity index (χ0n) is 11.4. The molecule has 1 amide bonds. The minimum Gasteiger partial charge on any atom is -0.349 e. The molecule has 0 spiro atoms. The minimum atomic E-state index is -3.10. The molecule has 0 radical (unpaired) electrons. The van der Waals surface area contributed by atoms with Crippen molar-refractivity contribution in [3.05, 3.63) is 33.7 Å². The van der Waals surface area contributed by atoms with Gasteiger partial charge in [-0.3, -0.25) is 14.0 Å². The van der Waals surface area contributed by atoms with E-state index in [1.807, 2.05) is 0 Å². The minimum absolute atomic E-state index is 0.00609. The maximum Gasteiger partial charge on any atom is 0.277 e. The Balaban J connectivity index is 1.82. The molecule has 120 valence electrons. The topological polar surface area (TPSA) is 89.5 Å². The second-order valence-electron chi connectivity index (χ2n) is 4.47. The number of carbonyl (C=O) groups excluding carboxylic acids is 1. The van der Waals surface area contributed by atoms with Gasteiger partial charge in [-0.1, -0.05) is 0 Å². The SMILES string of the molecule is NCC(F)(F)CNC(=O)CSCc1cc(=O)n2ccsc2n1. The van der Waals surface area contributed by atoms with E-state index in [1.165, 1.54) is 33.6 Å². The molecule has 0 aliphatic carbocycles. The molecule has 0 fully saturated rings. The third kappa shape index (κ3) is 4.49. The van der Waals surface area contributed by atoms with Crippen LogP contribution in [0.3, 0.4) is 0 Å². The van der Waals surface area contributed by atoms with E-state index in [4.69, 9.17) is 5.73 Å². The van der Waals surface area contributed by atoms with Crippen LogP contribution >= 0.6 is 23.1 Å². The summed E-state index contributed by atoms with van der Waals surface area (Å²) >= 11 is 2.54. The summed E-state index contributed by atoms with van der Waals surface area (Å²) in [7, 11) is 0. The van der Waals surface area contributed by atoms with Gasteiger partial charge in [0.1, 0.15) is 0 Å². The Labute approximate surface area is 132 Å². The lowest BCUT2D eigenvalue weighted by molar-refractivity contribution is -0.120. The molecule has 0 aliphatic heterocycles. The predicted molar refractivity (Wildman–Crippen MR) is 82.5 cm³/mol. The summed E-state index contributed by atoms with van der Waals surface area (Å²) < 4.78 is 27.2. The molecule has 22 heavy (non-hydrogen) atoms. The van der Waals surface area contributed by atoms with Crippen molar-refractivity contribution in [1.29, 1.82) is 0 Å². The number of rotatable bonds is 7. The van der Waals surface area contributed by atoms with Gasteiger partial charge >= 0.3 is 0 Å². The number of alkyl halides is 2. The van der Waals surface area contributed by atoms with Crippen molar-refractivity contribution in [2.24, 2.45) is 5.73 Å². The number of amides is 1. The molecule has 0 saturated carbocycles. The maximum absolute atomic E-state index is 12.9. The van der Waals surface area contributed by atoms with Crippen molar-refractivity contribution < 1.29 is 13.6 Å². The summed E-state index contributed by atoms with van der Waals surface area (Å²) in [5, 5.41) is 3.88.